The molecule has 0 aliphatic carbocycles. The largest absolute Gasteiger partial charge is 0.416 e. The van der Waals surface area contributed by atoms with E-state index in [1.54, 1.807) is 0 Å². The molecule has 0 amide bonds. The van der Waals surface area contributed by atoms with Crippen LogP contribution in [0, 0.1) is 5.92 Å². The number of hydrogen-bond donors (Lipinski definition) is 0. The standard InChI is InChI=1S/C26H25F3N2O2S/c27-26(28,29)22-10-6-11-23(13-22)34(32,33)31-16-20-9-4-5-12-24(20)25-18-30(15-21(25)17-31)14-19-7-2-1-3-8-19/h1-13,21,25H,14-18H2/t21-,25+/m0/s1. The first kappa shape index (κ1) is 23.1. The summed E-state index contributed by atoms with van der Waals surface area (Å²) in [6.45, 7) is 2.73. The van der Waals surface area contributed by atoms with Gasteiger partial charge in [-0.2, -0.15) is 17.5 Å². The molecule has 3 aromatic rings. The third-order valence-corrected chi connectivity index (χ3v) is 8.61. The van der Waals surface area contributed by atoms with Crippen molar-refractivity contribution < 1.29 is 21.6 Å². The quantitative estimate of drug-likeness (QED) is 0.514. The van der Waals surface area contributed by atoms with Gasteiger partial charge in [0.1, 0.15) is 0 Å². The van der Waals surface area contributed by atoms with E-state index in [9.17, 15) is 21.6 Å². The van der Waals surface area contributed by atoms with Gasteiger partial charge in [-0.05, 0) is 40.8 Å². The Bertz CT molecular complexity index is 1280. The molecule has 1 fully saturated rings. The summed E-state index contributed by atoms with van der Waals surface area (Å²) in [6, 6.07) is 22.0. The highest BCUT2D eigenvalue weighted by Crippen LogP contribution is 2.40. The van der Waals surface area contributed by atoms with Crippen LogP contribution in [0.15, 0.2) is 83.8 Å². The van der Waals surface area contributed by atoms with Crippen LogP contribution in [0.1, 0.15) is 28.2 Å². The van der Waals surface area contributed by atoms with Gasteiger partial charge < -0.3 is 0 Å². The summed E-state index contributed by atoms with van der Waals surface area (Å²) in [5.41, 5.74) is 2.27. The number of halogens is 3. The Labute approximate surface area is 197 Å². The number of nitrogens with zero attached hydrogens (tertiary/aromatic N) is 2. The Balaban J connectivity index is 1.47. The summed E-state index contributed by atoms with van der Waals surface area (Å²) in [5.74, 6) is 0.217. The normalized spacial score (nSPS) is 21.6. The fourth-order valence-corrected chi connectivity index (χ4v) is 6.71. The minimum Gasteiger partial charge on any atom is -0.298 e. The van der Waals surface area contributed by atoms with Gasteiger partial charge in [0.15, 0.2) is 0 Å². The maximum absolute atomic E-state index is 13.5. The molecule has 0 bridgehead atoms. The van der Waals surface area contributed by atoms with E-state index in [0.29, 0.717) is 0 Å². The van der Waals surface area contributed by atoms with Crippen LogP contribution in [0.5, 0.6) is 0 Å². The molecule has 1 saturated heterocycles. The molecular weight excluding hydrogens is 461 g/mol. The zero-order valence-electron chi connectivity index (χ0n) is 18.4. The van der Waals surface area contributed by atoms with E-state index in [1.165, 1.54) is 15.9 Å². The van der Waals surface area contributed by atoms with E-state index >= 15 is 0 Å². The number of fused-ring (bicyclic) bond motifs is 3. The van der Waals surface area contributed by atoms with Crippen molar-refractivity contribution in [1.82, 2.24) is 9.21 Å². The molecule has 0 radical (unpaired) electrons. The van der Waals surface area contributed by atoms with Gasteiger partial charge in [-0.1, -0.05) is 60.7 Å². The molecule has 2 atom stereocenters. The van der Waals surface area contributed by atoms with Crippen LogP contribution in [-0.2, 0) is 29.3 Å². The minimum atomic E-state index is -4.61. The van der Waals surface area contributed by atoms with Gasteiger partial charge >= 0.3 is 6.18 Å². The van der Waals surface area contributed by atoms with Gasteiger partial charge in [0.05, 0.1) is 10.5 Å². The van der Waals surface area contributed by atoms with Crippen molar-refractivity contribution >= 4 is 10.0 Å². The van der Waals surface area contributed by atoms with Gasteiger partial charge in [-0.3, -0.25) is 4.90 Å². The van der Waals surface area contributed by atoms with E-state index in [4.69, 9.17) is 0 Å². The van der Waals surface area contributed by atoms with Crippen molar-refractivity contribution in [2.75, 3.05) is 19.6 Å². The maximum Gasteiger partial charge on any atom is 0.416 e. The molecular formula is C26H25F3N2O2S. The Morgan fingerprint density at radius 1 is 0.853 bits per heavy atom. The van der Waals surface area contributed by atoms with Crippen molar-refractivity contribution in [1.29, 1.82) is 0 Å². The highest BCUT2D eigenvalue weighted by molar-refractivity contribution is 7.89. The first-order chi connectivity index (χ1) is 16.2. The average Bonchev–Trinajstić information content (AvgIpc) is 3.13. The highest BCUT2D eigenvalue weighted by atomic mass is 32.2. The number of rotatable bonds is 4. The second-order valence-corrected chi connectivity index (χ2v) is 11.0. The SMILES string of the molecule is O=S(=O)(c1cccc(C(F)(F)F)c1)N1Cc2ccccc2[C@@H]2CN(Cc3ccccc3)C[C@H]2C1. The lowest BCUT2D eigenvalue weighted by Gasteiger charge is -2.24. The molecule has 34 heavy (non-hydrogen) atoms. The van der Waals surface area contributed by atoms with Gasteiger partial charge in [-0.15, -0.1) is 0 Å². The summed E-state index contributed by atoms with van der Waals surface area (Å²) in [7, 11) is -4.11. The highest BCUT2D eigenvalue weighted by Gasteiger charge is 2.41. The van der Waals surface area contributed by atoms with Crippen LogP contribution in [0.4, 0.5) is 13.2 Å². The van der Waals surface area contributed by atoms with Crippen LogP contribution in [0.2, 0.25) is 0 Å². The fourth-order valence-electron chi connectivity index (χ4n) is 5.19. The smallest absolute Gasteiger partial charge is 0.298 e. The lowest BCUT2D eigenvalue weighted by Crippen LogP contribution is -2.35. The van der Waals surface area contributed by atoms with E-state index in [0.717, 1.165) is 49.0 Å². The number of hydrogen-bond acceptors (Lipinski definition) is 3. The molecule has 2 aliphatic heterocycles. The maximum atomic E-state index is 13.5. The molecule has 0 N–H and O–H groups in total. The Hall–Kier alpha value is -2.68. The lowest BCUT2D eigenvalue weighted by atomic mass is 9.87. The number of alkyl halides is 3. The molecule has 0 saturated carbocycles. The number of benzene rings is 3. The molecule has 4 nitrogen and oxygen atoms in total. The second kappa shape index (κ2) is 8.83. The van der Waals surface area contributed by atoms with Crippen molar-refractivity contribution in [3.8, 4) is 0 Å². The number of sulfonamides is 1. The van der Waals surface area contributed by atoms with Gasteiger partial charge in [-0.25, -0.2) is 8.42 Å². The van der Waals surface area contributed by atoms with Crippen molar-refractivity contribution in [2.24, 2.45) is 5.92 Å². The summed E-state index contributed by atoms with van der Waals surface area (Å²) in [6.07, 6.45) is -4.61. The third-order valence-electron chi connectivity index (χ3n) is 6.80. The summed E-state index contributed by atoms with van der Waals surface area (Å²) >= 11 is 0. The molecule has 2 heterocycles. The van der Waals surface area contributed by atoms with Gasteiger partial charge in [0.25, 0.3) is 0 Å². The summed E-state index contributed by atoms with van der Waals surface area (Å²) < 4.78 is 68.2. The predicted molar refractivity (Wildman–Crippen MR) is 123 cm³/mol. The van der Waals surface area contributed by atoms with E-state index in [-0.39, 0.29) is 29.8 Å². The minimum absolute atomic E-state index is 0.0490. The average molecular weight is 487 g/mol. The monoisotopic (exact) mass is 486 g/mol. The van der Waals surface area contributed by atoms with Crippen molar-refractivity contribution in [2.45, 2.75) is 30.1 Å². The predicted octanol–water partition coefficient (Wildman–Crippen LogP) is 5.13. The third kappa shape index (κ3) is 4.50. The van der Waals surface area contributed by atoms with E-state index in [1.807, 2.05) is 36.4 Å². The fraction of sp³-hybridized carbons (Fsp3) is 0.308. The molecule has 0 spiro atoms. The van der Waals surface area contributed by atoms with Crippen LogP contribution < -0.4 is 0 Å². The lowest BCUT2D eigenvalue weighted by molar-refractivity contribution is -0.137. The molecule has 8 heteroatoms. The first-order valence-corrected chi connectivity index (χ1v) is 12.7. The first-order valence-electron chi connectivity index (χ1n) is 11.2. The van der Waals surface area contributed by atoms with E-state index < -0.39 is 21.8 Å². The van der Waals surface area contributed by atoms with Gasteiger partial charge in [0.2, 0.25) is 10.0 Å². The summed E-state index contributed by atoms with van der Waals surface area (Å²) in [4.78, 5) is 2.01. The Morgan fingerprint density at radius 3 is 2.35 bits per heavy atom. The topological polar surface area (TPSA) is 40.6 Å². The van der Waals surface area contributed by atoms with E-state index in [2.05, 4.69) is 23.1 Å². The van der Waals surface area contributed by atoms with Gasteiger partial charge in [0, 0.05) is 38.6 Å². The molecule has 0 aromatic heterocycles. The Kier molecular flexibility index (Phi) is 6.00. The Morgan fingerprint density at radius 2 is 1.59 bits per heavy atom. The summed E-state index contributed by atoms with van der Waals surface area (Å²) in [5, 5.41) is 0. The molecule has 2 aliphatic rings. The number of likely N-dealkylation sites (tertiary alicyclic amines) is 1. The van der Waals surface area contributed by atoms with Crippen LogP contribution in [-0.4, -0.2) is 37.3 Å². The molecule has 5 rings (SSSR count). The molecule has 178 valence electrons. The molecule has 0 unspecified atom stereocenters. The molecule has 3 aromatic carbocycles. The van der Waals surface area contributed by atoms with Crippen LogP contribution in [0.3, 0.4) is 0 Å². The van der Waals surface area contributed by atoms with Crippen LogP contribution in [0.25, 0.3) is 0 Å². The van der Waals surface area contributed by atoms with Crippen LogP contribution >= 0.6 is 0 Å². The zero-order valence-corrected chi connectivity index (χ0v) is 19.3. The van der Waals surface area contributed by atoms with Crippen molar-refractivity contribution in [3.63, 3.8) is 0 Å². The second-order valence-electron chi connectivity index (χ2n) is 9.07. The zero-order chi connectivity index (χ0) is 23.9. The van der Waals surface area contributed by atoms with Crippen molar-refractivity contribution in [3.05, 3.63) is 101 Å².